The van der Waals surface area contributed by atoms with Crippen molar-refractivity contribution in [1.29, 1.82) is 0 Å². The normalized spacial score (nSPS) is 22.0. The number of nitrogens with one attached hydrogen (secondary N) is 1. The number of aromatic hydroxyl groups is 1. The SMILES string of the molecule is CN1CC(Nc2ccc(C3c4ccc(O)cc4CCC3c3ccccc3)cc2)C1. The molecule has 1 saturated heterocycles. The standard InChI is InChI=1S/C26H28N2O/c1-28-16-22(17-28)27-21-10-7-19(8-11-21)26-24(18-5-3-2-4-6-18)13-9-20-15-23(29)12-14-25(20)26/h2-8,10-12,14-15,22,24,26-27,29H,9,13,16-17H2,1H3. The van der Waals surface area contributed by atoms with E-state index in [4.69, 9.17) is 0 Å². The fraction of sp³-hybridized carbons (Fsp3) is 0.308. The molecule has 0 amide bonds. The monoisotopic (exact) mass is 384 g/mol. The predicted octanol–water partition coefficient (Wildman–Crippen LogP) is 4.98. The van der Waals surface area contributed by atoms with Crippen molar-refractivity contribution in [3.05, 3.63) is 95.1 Å². The number of likely N-dealkylation sites (tertiary alicyclic amines) is 1. The van der Waals surface area contributed by atoms with E-state index in [0.717, 1.165) is 25.9 Å². The zero-order valence-corrected chi connectivity index (χ0v) is 16.9. The zero-order valence-electron chi connectivity index (χ0n) is 16.9. The molecule has 0 aromatic heterocycles. The Morgan fingerprint density at radius 3 is 2.38 bits per heavy atom. The first kappa shape index (κ1) is 18.3. The van der Waals surface area contributed by atoms with E-state index in [2.05, 4.69) is 77.9 Å². The van der Waals surface area contributed by atoms with Gasteiger partial charge in [-0.05, 0) is 72.3 Å². The van der Waals surface area contributed by atoms with Gasteiger partial charge < -0.3 is 15.3 Å². The third kappa shape index (κ3) is 3.63. The number of aryl methyl sites for hydroxylation is 1. The molecule has 5 rings (SSSR count). The molecule has 2 atom stereocenters. The van der Waals surface area contributed by atoms with E-state index in [1.54, 1.807) is 0 Å². The first-order valence-electron chi connectivity index (χ1n) is 10.6. The van der Waals surface area contributed by atoms with Gasteiger partial charge in [0.15, 0.2) is 0 Å². The van der Waals surface area contributed by atoms with Crippen LogP contribution in [0.25, 0.3) is 0 Å². The minimum absolute atomic E-state index is 0.311. The van der Waals surface area contributed by atoms with Crippen LogP contribution in [0.4, 0.5) is 5.69 Å². The lowest BCUT2D eigenvalue weighted by molar-refractivity contribution is 0.205. The van der Waals surface area contributed by atoms with Crippen molar-refractivity contribution in [3.63, 3.8) is 0 Å². The van der Waals surface area contributed by atoms with Gasteiger partial charge in [0, 0.05) is 24.7 Å². The Hall–Kier alpha value is -2.78. The van der Waals surface area contributed by atoms with Crippen LogP contribution in [0.1, 0.15) is 40.5 Å². The predicted molar refractivity (Wildman–Crippen MR) is 119 cm³/mol. The van der Waals surface area contributed by atoms with E-state index in [-0.39, 0.29) is 0 Å². The second kappa shape index (κ2) is 7.57. The van der Waals surface area contributed by atoms with Gasteiger partial charge in [-0.2, -0.15) is 0 Å². The fourth-order valence-corrected chi connectivity index (χ4v) is 5.09. The molecule has 148 valence electrons. The number of benzene rings is 3. The summed E-state index contributed by atoms with van der Waals surface area (Å²) < 4.78 is 0. The maximum absolute atomic E-state index is 9.98. The number of phenolic OH excluding ortho intramolecular Hbond substituents is 1. The van der Waals surface area contributed by atoms with Crippen LogP contribution in [0, 0.1) is 0 Å². The summed E-state index contributed by atoms with van der Waals surface area (Å²) in [6.07, 6.45) is 2.11. The largest absolute Gasteiger partial charge is 0.508 e. The lowest BCUT2D eigenvalue weighted by atomic mass is 9.69. The average Bonchev–Trinajstić information content (AvgIpc) is 2.73. The molecule has 2 N–H and O–H groups in total. The molecule has 29 heavy (non-hydrogen) atoms. The zero-order chi connectivity index (χ0) is 19.8. The number of hydrogen-bond donors (Lipinski definition) is 2. The van der Waals surface area contributed by atoms with Crippen LogP contribution in [-0.4, -0.2) is 36.2 Å². The van der Waals surface area contributed by atoms with E-state index >= 15 is 0 Å². The first-order chi connectivity index (χ1) is 14.2. The molecule has 1 heterocycles. The van der Waals surface area contributed by atoms with Gasteiger partial charge in [-0.1, -0.05) is 48.5 Å². The highest BCUT2D eigenvalue weighted by Crippen LogP contribution is 2.47. The summed E-state index contributed by atoms with van der Waals surface area (Å²) in [6.45, 7) is 2.22. The summed E-state index contributed by atoms with van der Waals surface area (Å²) >= 11 is 0. The van der Waals surface area contributed by atoms with E-state index in [1.165, 1.54) is 27.9 Å². The average molecular weight is 385 g/mol. The second-order valence-electron chi connectivity index (χ2n) is 8.60. The van der Waals surface area contributed by atoms with Crippen LogP contribution in [-0.2, 0) is 6.42 Å². The molecule has 0 bridgehead atoms. The summed E-state index contributed by atoms with van der Waals surface area (Å²) in [6, 6.07) is 26.4. The van der Waals surface area contributed by atoms with Crippen LogP contribution in [0.5, 0.6) is 5.75 Å². The first-order valence-corrected chi connectivity index (χ1v) is 10.6. The van der Waals surface area contributed by atoms with E-state index in [0.29, 0.717) is 23.6 Å². The van der Waals surface area contributed by atoms with Gasteiger partial charge in [-0.15, -0.1) is 0 Å². The highest BCUT2D eigenvalue weighted by atomic mass is 16.3. The Labute approximate surface area is 173 Å². The quantitative estimate of drug-likeness (QED) is 0.666. The van der Waals surface area contributed by atoms with Crippen LogP contribution in [0.15, 0.2) is 72.8 Å². The smallest absolute Gasteiger partial charge is 0.115 e. The number of hydrogen-bond acceptors (Lipinski definition) is 3. The van der Waals surface area contributed by atoms with Crippen LogP contribution < -0.4 is 5.32 Å². The number of rotatable bonds is 4. The highest BCUT2D eigenvalue weighted by Gasteiger charge is 2.32. The molecule has 0 radical (unpaired) electrons. The third-order valence-electron chi connectivity index (χ3n) is 6.52. The molecular weight excluding hydrogens is 356 g/mol. The summed E-state index contributed by atoms with van der Waals surface area (Å²) in [5.41, 5.74) is 6.58. The van der Waals surface area contributed by atoms with E-state index in [1.807, 2.05) is 12.1 Å². The topological polar surface area (TPSA) is 35.5 Å². The van der Waals surface area contributed by atoms with Gasteiger partial charge >= 0.3 is 0 Å². The Balaban J connectivity index is 1.48. The number of anilines is 1. The second-order valence-corrected chi connectivity index (χ2v) is 8.60. The van der Waals surface area contributed by atoms with Crippen molar-refractivity contribution in [2.45, 2.75) is 30.7 Å². The lowest BCUT2D eigenvalue weighted by Gasteiger charge is -2.37. The molecule has 3 nitrogen and oxygen atoms in total. The molecule has 3 heteroatoms. The molecule has 3 aromatic carbocycles. The molecule has 2 aliphatic rings. The van der Waals surface area contributed by atoms with Gasteiger partial charge in [0.05, 0.1) is 6.04 Å². The number of nitrogens with zero attached hydrogens (tertiary/aromatic N) is 1. The molecule has 1 aliphatic heterocycles. The van der Waals surface area contributed by atoms with Crippen molar-refractivity contribution >= 4 is 5.69 Å². The van der Waals surface area contributed by atoms with Crippen LogP contribution in [0.3, 0.4) is 0 Å². The Morgan fingerprint density at radius 2 is 1.66 bits per heavy atom. The molecule has 2 unspecified atom stereocenters. The summed E-state index contributed by atoms with van der Waals surface area (Å²) in [5.74, 6) is 1.13. The van der Waals surface area contributed by atoms with Gasteiger partial charge in [-0.25, -0.2) is 0 Å². The Bertz CT molecular complexity index is 977. The van der Waals surface area contributed by atoms with Crippen molar-refractivity contribution in [1.82, 2.24) is 4.90 Å². The Kier molecular flexibility index (Phi) is 4.76. The van der Waals surface area contributed by atoms with Crippen molar-refractivity contribution < 1.29 is 5.11 Å². The molecule has 3 aromatic rings. The fourth-order valence-electron chi connectivity index (χ4n) is 5.09. The molecule has 1 aliphatic carbocycles. The molecule has 1 fully saturated rings. The van der Waals surface area contributed by atoms with E-state index in [9.17, 15) is 5.11 Å². The van der Waals surface area contributed by atoms with Crippen molar-refractivity contribution in [3.8, 4) is 5.75 Å². The maximum Gasteiger partial charge on any atom is 0.115 e. The maximum atomic E-state index is 9.98. The van der Waals surface area contributed by atoms with Crippen molar-refractivity contribution in [2.75, 3.05) is 25.5 Å². The molecule has 0 spiro atoms. The highest BCUT2D eigenvalue weighted by molar-refractivity contribution is 5.51. The van der Waals surface area contributed by atoms with Crippen LogP contribution in [0.2, 0.25) is 0 Å². The van der Waals surface area contributed by atoms with Gasteiger partial charge in [-0.3, -0.25) is 0 Å². The molecular formula is C26H28N2O. The minimum Gasteiger partial charge on any atom is -0.508 e. The van der Waals surface area contributed by atoms with Gasteiger partial charge in [0.25, 0.3) is 0 Å². The van der Waals surface area contributed by atoms with Gasteiger partial charge in [0.2, 0.25) is 0 Å². The number of fused-ring (bicyclic) bond motifs is 1. The molecule has 0 saturated carbocycles. The number of likely N-dealkylation sites (N-methyl/N-ethyl adjacent to an activating group) is 1. The minimum atomic E-state index is 0.311. The lowest BCUT2D eigenvalue weighted by Crippen LogP contribution is -2.52. The summed E-state index contributed by atoms with van der Waals surface area (Å²) in [7, 11) is 2.16. The van der Waals surface area contributed by atoms with Crippen LogP contribution >= 0.6 is 0 Å². The third-order valence-corrected chi connectivity index (χ3v) is 6.52. The van der Waals surface area contributed by atoms with Gasteiger partial charge in [0.1, 0.15) is 5.75 Å². The summed E-state index contributed by atoms with van der Waals surface area (Å²) in [5, 5.41) is 13.6. The Morgan fingerprint density at radius 1 is 0.897 bits per heavy atom. The van der Waals surface area contributed by atoms with Crippen molar-refractivity contribution in [2.24, 2.45) is 0 Å². The summed E-state index contributed by atoms with van der Waals surface area (Å²) in [4.78, 5) is 2.32. The number of phenols is 1. The van der Waals surface area contributed by atoms with E-state index < -0.39 is 0 Å².